The molecule has 2 aromatic rings. The van der Waals surface area contributed by atoms with Crippen LogP contribution in [-0.4, -0.2) is 13.0 Å². The van der Waals surface area contributed by atoms with E-state index in [4.69, 9.17) is 4.74 Å². The maximum Gasteiger partial charge on any atom is 0.251 e. The monoisotopic (exact) mass is 411 g/mol. The maximum absolute atomic E-state index is 12.3. The van der Waals surface area contributed by atoms with Crippen molar-refractivity contribution in [2.45, 2.75) is 13.0 Å². The molecule has 1 N–H and O–H groups in total. The summed E-state index contributed by atoms with van der Waals surface area (Å²) in [6, 6.07) is 13.1. The summed E-state index contributed by atoms with van der Waals surface area (Å²) in [6.45, 7) is 1.96. The van der Waals surface area contributed by atoms with Crippen LogP contribution in [0.25, 0.3) is 0 Å². The third-order valence-corrected chi connectivity index (χ3v) is 4.28. The van der Waals surface area contributed by atoms with Gasteiger partial charge in [-0.1, -0.05) is 28.1 Å². The topological polar surface area (TPSA) is 38.3 Å². The van der Waals surface area contributed by atoms with Crippen LogP contribution in [0.5, 0.6) is 5.75 Å². The predicted octanol–water partition coefficient (Wildman–Crippen LogP) is 4.71. The molecule has 0 radical (unpaired) electrons. The lowest BCUT2D eigenvalue weighted by Gasteiger charge is -2.15. The summed E-state index contributed by atoms with van der Waals surface area (Å²) in [5.74, 6) is 0.585. The zero-order valence-corrected chi connectivity index (χ0v) is 14.9. The highest BCUT2D eigenvalue weighted by molar-refractivity contribution is 9.10. The van der Waals surface area contributed by atoms with Gasteiger partial charge < -0.3 is 10.1 Å². The molecule has 5 heteroatoms. The van der Waals surface area contributed by atoms with Gasteiger partial charge in [0.25, 0.3) is 5.91 Å². The van der Waals surface area contributed by atoms with E-state index in [-0.39, 0.29) is 11.9 Å². The molecule has 21 heavy (non-hydrogen) atoms. The van der Waals surface area contributed by atoms with Gasteiger partial charge in [-0.2, -0.15) is 0 Å². The van der Waals surface area contributed by atoms with E-state index in [0.29, 0.717) is 11.3 Å². The number of hydrogen-bond donors (Lipinski definition) is 1. The van der Waals surface area contributed by atoms with E-state index >= 15 is 0 Å². The normalized spacial score (nSPS) is 11.8. The minimum Gasteiger partial charge on any atom is -0.496 e. The van der Waals surface area contributed by atoms with Gasteiger partial charge in [0.1, 0.15) is 5.75 Å². The Hall–Kier alpha value is -1.33. The summed E-state index contributed by atoms with van der Waals surface area (Å²) in [7, 11) is 1.59. The Labute approximate surface area is 141 Å². The standard InChI is InChI=1S/C16H15Br2NO2/c1-10(11-3-6-13(17)7-4-11)19-16(20)12-5-8-15(21-2)14(18)9-12/h3-10H,1-2H3,(H,19,20). The van der Waals surface area contributed by atoms with Gasteiger partial charge in [-0.15, -0.1) is 0 Å². The summed E-state index contributed by atoms with van der Waals surface area (Å²) in [5.41, 5.74) is 1.64. The molecular formula is C16H15Br2NO2. The highest BCUT2D eigenvalue weighted by Gasteiger charge is 2.13. The van der Waals surface area contributed by atoms with Crippen LogP contribution in [0.2, 0.25) is 0 Å². The molecular weight excluding hydrogens is 398 g/mol. The number of rotatable bonds is 4. The molecule has 0 heterocycles. The quantitative estimate of drug-likeness (QED) is 0.789. The molecule has 0 aliphatic rings. The lowest BCUT2D eigenvalue weighted by Crippen LogP contribution is -2.26. The molecule has 2 rings (SSSR count). The van der Waals surface area contributed by atoms with Crippen molar-refractivity contribution in [3.8, 4) is 5.75 Å². The number of ether oxygens (including phenoxy) is 1. The van der Waals surface area contributed by atoms with Gasteiger partial charge in [0, 0.05) is 10.0 Å². The van der Waals surface area contributed by atoms with E-state index in [1.165, 1.54) is 0 Å². The Morgan fingerprint density at radius 3 is 2.38 bits per heavy atom. The smallest absolute Gasteiger partial charge is 0.251 e. The van der Waals surface area contributed by atoms with Gasteiger partial charge in [0.05, 0.1) is 17.6 Å². The van der Waals surface area contributed by atoms with Crippen LogP contribution in [0.15, 0.2) is 51.4 Å². The van der Waals surface area contributed by atoms with Gasteiger partial charge in [-0.3, -0.25) is 4.79 Å². The van der Waals surface area contributed by atoms with Crippen molar-refractivity contribution >= 4 is 37.8 Å². The van der Waals surface area contributed by atoms with Crippen molar-refractivity contribution in [3.63, 3.8) is 0 Å². The minimum atomic E-state index is -0.117. The van der Waals surface area contributed by atoms with E-state index in [1.807, 2.05) is 31.2 Å². The molecule has 0 aliphatic heterocycles. The first-order valence-electron chi connectivity index (χ1n) is 6.41. The number of nitrogens with one attached hydrogen (secondary N) is 1. The number of halogens is 2. The average molecular weight is 413 g/mol. The number of hydrogen-bond acceptors (Lipinski definition) is 2. The van der Waals surface area contributed by atoms with Gasteiger partial charge in [-0.25, -0.2) is 0 Å². The fourth-order valence-corrected chi connectivity index (χ4v) is 2.73. The molecule has 0 fully saturated rings. The summed E-state index contributed by atoms with van der Waals surface area (Å²) < 4.78 is 6.93. The Balaban J connectivity index is 2.10. The van der Waals surface area contributed by atoms with E-state index in [9.17, 15) is 4.79 Å². The second-order valence-electron chi connectivity index (χ2n) is 4.60. The molecule has 3 nitrogen and oxygen atoms in total. The second kappa shape index (κ2) is 7.09. The van der Waals surface area contributed by atoms with Crippen molar-refractivity contribution < 1.29 is 9.53 Å². The van der Waals surface area contributed by atoms with Crippen LogP contribution >= 0.6 is 31.9 Å². The molecule has 0 aliphatic carbocycles. The molecule has 0 saturated heterocycles. The van der Waals surface area contributed by atoms with Crippen LogP contribution in [0.4, 0.5) is 0 Å². The number of benzene rings is 2. The first-order valence-corrected chi connectivity index (χ1v) is 7.99. The zero-order chi connectivity index (χ0) is 15.4. The molecule has 1 amide bonds. The Kier molecular flexibility index (Phi) is 5.42. The second-order valence-corrected chi connectivity index (χ2v) is 6.37. The van der Waals surface area contributed by atoms with Crippen LogP contribution in [0.1, 0.15) is 28.9 Å². The minimum absolute atomic E-state index is 0.0634. The van der Waals surface area contributed by atoms with Crippen LogP contribution < -0.4 is 10.1 Å². The molecule has 0 spiro atoms. The van der Waals surface area contributed by atoms with Gasteiger partial charge >= 0.3 is 0 Å². The maximum atomic E-state index is 12.3. The SMILES string of the molecule is COc1ccc(C(=O)NC(C)c2ccc(Br)cc2)cc1Br. The van der Waals surface area contributed by atoms with Crippen LogP contribution in [0.3, 0.4) is 0 Å². The number of carbonyl (C=O) groups is 1. The molecule has 0 bridgehead atoms. The fourth-order valence-electron chi connectivity index (χ4n) is 1.92. The van der Waals surface area contributed by atoms with E-state index in [0.717, 1.165) is 14.5 Å². The van der Waals surface area contributed by atoms with Gasteiger partial charge in [0.15, 0.2) is 0 Å². The number of methoxy groups -OCH3 is 1. The van der Waals surface area contributed by atoms with E-state index in [1.54, 1.807) is 25.3 Å². The zero-order valence-electron chi connectivity index (χ0n) is 11.7. The third kappa shape index (κ3) is 4.08. The fraction of sp³-hybridized carbons (Fsp3) is 0.188. The lowest BCUT2D eigenvalue weighted by atomic mass is 10.1. The van der Waals surface area contributed by atoms with Crippen molar-refractivity contribution in [1.82, 2.24) is 5.32 Å². The Morgan fingerprint density at radius 1 is 1.14 bits per heavy atom. The predicted molar refractivity (Wildman–Crippen MR) is 90.7 cm³/mol. The summed E-state index contributed by atoms with van der Waals surface area (Å²) in [4.78, 5) is 12.3. The molecule has 1 atom stereocenters. The molecule has 0 aromatic heterocycles. The largest absolute Gasteiger partial charge is 0.496 e. The summed E-state index contributed by atoms with van der Waals surface area (Å²) >= 11 is 6.78. The van der Waals surface area contributed by atoms with Crippen LogP contribution in [0, 0.1) is 0 Å². The highest BCUT2D eigenvalue weighted by Crippen LogP contribution is 2.26. The van der Waals surface area contributed by atoms with Gasteiger partial charge in [0.2, 0.25) is 0 Å². The van der Waals surface area contributed by atoms with Crippen molar-refractivity contribution in [2.24, 2.45) is 0 Å². The Bertz CT molecular complexity index is 641. The third-order valence-electron chi connectivity index (χ3n) is 3.13. The average Bonchev–Trinajstić information content (AvgIpc) is 2.47. The Morgan fingerprint density at radius 2 is 1.81 bits per heavy atom. The lowest BCUT2D eigenvalue weighted by molar-refractivity contribution is 0.0940. The summed E-state index contributed by atoms with van der Waals surface area (Å²) in [6.07, 6.45) is 0. The van der Waals surface area contributed by atoms with Crippen LogP contribution in [-0.2, 0) is 0 Å². The van der Waals surface area contributed by atoms with E-state index in [2.05, 4.69) is 37.2 Å². The number of carbonyl (C=O) groups excluding carboxylic acids is 1. The molecule has 1 unspecified atom stereocenters. The van der Waals surface area contributed by atoms with Gasteiger partial charge in [-0.05, 0) is 58.7 Å². The molecule has 0 saturated carbocycles. The molecule has 110 valence electrons. The highest BCUT2D eigenvalue weighted by atomic mass is 79.9. The molecule has 2 aromatic carbocycles. The number of amides is 1. The van der Waals surface area contributed by atoms with Crippen molar-refractivity contribution in [2.75, 3.05) is 7.11 Å². The van der Waals surface area contributed by atoms with Crippen molar-refractivity contribution in [1.29, 1.82) is 0 Å². The first-order chi connectivity index (χ1) is 10.0. The van der Waals surface area contributed by atoms with E-state index < -0.39 is 0 Å². The summed E-state index contributed by atoms with van der Waals surface area (Å²) in [5, 5.41) is 2.98. The first kappa shape index (κ1) is 16.0. The van der Waals surface area contributed by atoms with Crippen molar-refractivity contribution in [3.05, 3.63) is 62.5 Å².